The number of ether oxygens (including phenoxy) is 2. The molecule has 19 heavy (non-hydrogen) atoms. The fourth-order valence-corrected chi connectivity index (χ4v) is 2.88. The van der Waals surface area contributed by atoms with Crippen molar-refractivity contribution in [2.75, 3.05) is 13.7 Å². The fraction of sp³-hybridized carbons (Fsp3) is 0.600. The van der Waals surface area contributed by atoms with Gasteiger partial charge in [0.2, 0.25) is 0 Å². The summed E-state index contributed by atoms with van der Waals surface area (Å²) in [6.45, 7) is 0.510. The highest BCUT2D eigenvalue weighted by molar-refractivity contribution is 9.10. The normalized spacial score (nSPS) is 25.2. The van der Waals surface area contributed by atoms with Crippen LogP contribution < -0.4 is 5.73 Å². The van der Waals surface area contributed by atoms with Crippen LogP contribution >= 0.6 is 15.9 Å². The van der Waals surface area contributed by atoms with E-state index in [1.807, 2.05) is 12.1 Å². The quantitative estimate of drug-likeness (QED) is 0.901. The smallest absolute Gasteiger partial charge is 0.0950 e. The van der Waals surface area contributed by atoms with Gasteiger partial charge in [0.15, 0.2) is 0 Å². The van der Waals surface area contributed by atoms with Crippen molar-refractivity contribution in [1.29, 1.82) is 0 Å². The third kappa shape index (κ3) is 4.28. The minimum absolute atomic E-state index is 0.0197. The van der Waals surface area contributed by atoms with E-state index in [1.54, 1.807) is 7.11 Å². The summed E-state index contributed by atoms with van der Waals surface area (Å²) in [6.07, 6.45) is 4.96. The summed E-state index contributed by atoms with van der Waals surface area (Å²) in [6, 6.07) is 8.19. The molecule has 106 valence electrons. The Kier molecular flexibility index (Phi) is 5.82. The van der Waals surface area contributed by atoms with Crippen LogP contribution in [0.15, 0.2) is 28.7 Å². The zero-order valence-electron chi connectivity index (χ0n) is 11.3. The van der Waals surface area contributed by atoms with Gasteiger partial charge >= 0.3 is 0 Å². The van der Waals surface area contributed by atoms with Crippen LogP contribution in [0.25, 0.3) is 0 Å². The molecule has 0 spiro atoms. The summed E-state index contributed by atoms with van der Waals surface area (Å²) in [5.74, 6) is 0. The second kappa shape index (κ2) is 7.39. The molecule has 3 atom stereocenters. The minimum atomic E-state index is -0.0197. The molecular weight excluding hydrogens is 306 g/mol. The predicted molar refractivity (Wildman–Crippen MR) is 80.1 cm³/mol. The van der Waals surface area contributed by atoms with Crippen LogP contribution in [0.5, 0.6) is 0 Å². The third-order valence-corrected chi connectivity index (χ3v) is 4.25. The van der Waals surface area contributed by atoms with Crippen LogP contribution in [0.2, 0.25) is 0 Å². The molecule has 3 unspecified atom stereocenters. The van der Waals surface area contributed by atoms with Gasteiger partial charge in [0.1, 0.15) is 0 Å². The van der Waals surface area contributed by atoms with E-state index in [2.05, 4.69) is 28.1 Å². The summed E-state index contributed by atoms with van der Waals surface area (Å²) in [5.41, 5.74) is 7.00. The fourth-order valence-electron chi connectivity index (χ4n) is 2.62. The molecule has 0 amide bonds. The maximum absolute atomic E-state index is 6.18. The monoisotopic (exact) mass is 327 g/mol. The SMILES string of the molecule is COC1CCCC(OC(CN)c2ccc(Br)cc2)C1. The topological polar surface area (TPSA) is 44.5 Å². The Labute approximate surface area is 123 Å². The lowest BCUT2D eigenvalue weighted by Crippen LogP contribution is -2.30. The molecule has 0 saturated heterocycles. The van der Waals surface area contributed by atoms with Gasteiger partial charge in [-0.25, -0.2) is 0 Å². The van der Waals surface area contributed by atoms with E-state index in [1.165, 1.54) is 6.42 Å². The van der Waals surface area contributed by atoms with Crippen molar-refractivity contribution in [3.8, 4) is 0 Å². The largest absolute Gasteiger partial charge is 0.381 e. The van der Waals surface area contributed by atoms with Crippen molar-refractivity contribution in [3.63, 3.8) is 0 Å². The molecule has 0 radical (unpaired) electrons. The van der Waals surface area contributed by atoms with Crippen LogP contribution in [-0.4, -0.2) is 25.9 Å². The lowest BCUT2D eigenvalue weighted by Gasteiger charge is -2.31. The summed E-state index contributed by atoms with van der Waals surface area (Å²) < 4.78 is 12.7. The van der Waals surface area contributed by atoms with Crippen molar-refractivity contribution >= 4 is 15.9 Å². The molecule has 1 aromatic rings. The van der Waals surface area contributed by atoms with Crippen LogP contribution in [0.3, 0.4) is 0 Å². The average molecular weight is 328 g/mol. The summed E-state index contributed by atoms with van der Waals surface area (Å²) >= 11 is 3.44. The molecule has 1 saturated carbocycles. The highest BCUT2D eigenvalue weighted by atomic mass is 79.9. The zero-order valence-corrected chi connectivity index (χ0v) is 12.9. The van der Waals surface area contributed by atoms with E-state index in [0.717, 1.165) is 29.3 Å². The Morgan fingerprint density at radius 2 is 1.95 bits per heavy atom. The zero-order chi connectivity index (χ0) is 13.7. The minimum Gasteiger partial charge on any atom is -0.381 e. The van der Waals surface area contributed by atoms with Crippen molar-refractivity contribution in [3.05, 3.63) is 34.3 Å². The highest BCUT2D eigenvalue weighted by Crippen LogP contribution is 2.28. The third-order valence-electron chi connectivity index (χ3n) is 3.72. The first-order valence-corrected chi connectivity index (χ1v) is 7.66. The van der Waals surface area contributed by atoms with Crippen molar-refractivity contribution in [2.45, 2.75) is 44.0 Å². The number of halogens is 1. The number of methoxy groups -OCH3 is 1. The molecule has 1 fully saturated rings. The summed E-state index contributed by atoms with van der Waals surface area (Å²) in [5, 5.41) is 0. The van der Waals surface area contributed by atoms with E-state index in [4.69, 9.17) is 15.2 Å². The van der Waals surface area contributed by atoms with E-state index in [-0.39, 0.29) is 12.2 Å². The van der Waals surface area contributed by atoms with Crippen LogP contribution in [0.4, 0.5) is 0 Å². The van der Waals surface area contributed by atoms with Crippen molar-refractivity contribution in [2.24, 2.45) is 5.73 Å². The Morgan fingerprint density at radius 1 is 1.26 bits per heavy atom. The first kappa shape index (κ1) is 15.0. The van der Waals surface area contributed by atoms with Gasteiger partial charge in [0, 0.05) is 18.1 Å². The molecule has 1 aliphatic rings. The Morgan fingerprint density at radius 3 is 2.58 bits per heavy atom. The number of nitrogens with two attached hydrogens (primary N) is 1. The van der Waals surface area contributed by atoms with Gasteiger partial charge in [-0.05, 0) is 43.4 Å². The average Bonchev–Trinajstić information content (AvgIpc) is 2.46. The molecular formula is C15H22BrNO2. The highest BCUT2D eigenvalue weighted by Gasteiger charge is 2.25. The predicted octanol–water partition coefficient (Wildman–Crippen LogP) is 3.42. The van der Waals surface area contributed by atoms with Gasteiger partial charge in [0.05, 0.1) is 18.3 Å². The molecule has 4 heteroatoms. The second-order valence-electron chi connectivity index (χ2n) is 5.06. The lowest BCUT2D eigenvalue weighted by atomic mass is 9.94. The standard InChI is InChI=1S/C15H22BrNO2/c1-18-13-3-2-4-14(9-13)19-15(10-17)11-5-7-12(16)8-6-11/h5-8,13-15H,2-4,9-10,17H2,1H3. The van der Waals surface area contributed by atoms with Gasteiger partial charge in [-0.3, -0.25) is 0 Å². The van der Waals surface area contributed by atoms with E-state index in [0.29, 0.717) is 12.6 Å². The molecule has 3 nitrogen and oxygen atoms in total. The maximum Gasteiger partial charge on any atom is 0.0950 e. The molecule has 0 heterocycles. The van der Waals surface area contributed by atoms with Crippen molar-refractivity contribution in [1.82, 2.24) is 0 Å². The molecule has 0 bridgehead atoms. The molecule has 0 aliphatic heterocycles. The first-order chi connectivity index (χ1) is 9.22. The number of rotatable bonds is 5. The van der Waals surface area contributed by atoms with Gasteiger partial charge in [-0.2, -0.15) is 0 Å². The van der Waals surface area contributed by atoms with Crippen LogP contribution in [0.1, 0.15) is 37.4 Å². The van der Waals surface area contributed by atoms with E-state index < -0.39 is 0 Å². The summed E-state index contributed by atoms with van der Waals surface area (Å²) in [7, 11) is 1.78. The molecule has 2 rings (SSSR count). The number of benzene rings is 1. The molecule has 1 aliphatic carbocycles. The molecule has 0 aromatic heterocycles. The Balaban J connectivity index is 1.96. The van der Waals surface area contributed by atoms with E-state index in [9.17, 15) is 0 Å². The first-order valence-electron chi connectivity index (χ1n) is 6.86. The van der Waals surface area contributed by atoms with Gasteiger partial charge < -0.3 is 15.2 Å². The van der Waals surface area contributed by atoms with Crippen molar-refractivity contribution < 1.29 is 9.47 Å². The number of hydrogen-bond acceptors (Lipinski definition) is 3. The Bertz CT molecular complexity index is 382. The second-order valence-corrected chi connectivity index (χ2v) is 5.97. The Hall–Kier alpha value is -0.420. The lowest BCUT2D eigenvalue weighted by molar-refractivity contribution is -0.0632. The summed E-state index contributed by atoms with van der Waals surface area (Å²) in [4.78, 5) is 0. The van der Waals surface area contributed by atoms with Crippen LogP contribution in [-0.2, 0) is 9.47 Å². The number of hydrogen-bond donors (Lipinski definition) is 1. The van der Waals surface area contributed by atoms with Gasteiger partial charge in [-0.1, -0.05) is 28.1 Å². The van der Waals surface area contributed by atoms with Gasteiger partial charge in [0.25, 0.3) is 0 Å². The van der Waals surface area contributed by atoms with E-state index >= 15 is 0 Å². The van der Waals surface area contributed by atoms with Gasteiger partial charge in [-0.15, -0.1) is 0 Å². The maximum atomic E-state index is 6.18. The molecule has 1 aromatic carbocycles. The van der Waals surface area contributed by atoms with Crippen LogP contribution in [0, 0.1) is 0 Å². The molecule has 2 N–H and O–H groups in total.